The Morgan fingerprint density at radius 3 is 2.38 bits per heavy atom. The number of halogens is 4. The first kappa shape index (κ1) is 16.6. The van der Waals surface area contributed by atoms with Crippen molar-refractivity contribution < 1.29 is 13.2 Å². The maximum absolute atomic E-state index is 12.4. The zero-order chi connectivity index (χ0) is 15.6. The molecule has 0 saturated carbocycles. The van der Waals surface area contributed by atoms with E-state index in [1.165, 1.54) is 10.5 Å². The molecule has 1 heterocycles. The number of aryl methyl sites for hydroxylation is 2. The lowest BCUT2D eigenvalue weighted by Gasteiger charge is -2.33. The van der Waals surface area contributed by atoms with Crippen LogP contribution in [-0.2, 0) is 0 Å². The number of piperidine rings is 1. The third-order valence-corrected chi connectivity index (χ3v) is 4.40. The summed E-state index contributed by atoms with van der Waals surface area (Å²) < 4.78 is 38.1. The molecule has 0 unspecified atom stereocenters. The minimum atomic E-state index is -4.10. The van der Waals surface area contributed by atoms with Crippen LogP contribution in [0.5, 0.6) is 0 Å². The van der Waals surface area contributed by atoms with E-state index in [9.17, 15) is 13.2 Å². The summed E-state index contributed by atoms with van der Waals surface area (Å²) in [6.07, 6.45) is -2.64. The van der Waals surface area contributed by atoms with Crippen LogP contribution >= 0.6 is 15.9 Å². The largest absolute Gasteiger partial charge is 0.401 e. The van der Waals surface area contributed by atoms with Crippen LogP contribution in [0.15, 0.2) is 16.6 Å². The summed E-state index contributed by atoms with van der Waals surface area (Å²) in [5, 5.41) is 3.47. The number of hydrogen-bond donors (Lipinski definition) is 1. The predicted molar refractivity (Wildman–Crippen MR) is 82.8 cm³/mol. The van der Waals surface area contributed by atoms with Crippen molar-refractivity contribution in [2.75, 3.05) is 25.0 Å². The molecule has 2 rings (SSSR count). The van der Waals surface area contributed by atoms with Crippen LogP contribution in [0.3, 0.4) is 0 Å². The molecule has 6 heteroatoms. The molecule has 1 fully saturated rings. The second-order valence-electron chi connectivity index (χ2n) is 5.75. The molecule has 1 aliphatic heterocycles. The Morgan fingerprint density at radius 1 is 1.24 bits per heavy atom. The highest BCUT2D eigenvalue weighted by atomic mass is 79.9. The van der Waals surface area contributed by atoms with Crippen LogP contribution in [0.4, 0.5) is 18.9 Å². The molecule has 1 N–H and O–H groups in total. The van der Waals surface area contributed by atoms with E-state index in [0.717, 1.165) is 28.6 Å². The first-order chi connectivity index (χ1) is 9.74. The standard InChI is InChI=1S/C15H20BrF3N2/c1-10-7-11(2)14(13(16)8-10)20-12-3-5-21(6-4-12)9-15(17,18)19/h7-8,12,20H,3-6,9H2,1-2H3. The highest BCUT2D eigenvalue weighted by Crippen LogP contribution is 2.30. The lowest BCUT2D eigenvalue weighted by atomic mass is 10.0. The van der Waals surface area contributed by atoms with Crippen molar-refractivity contribution in [3.05, 3.63) is 27.7 Å². The molecule has 1 aromatic carbocycles. The van der Waals surface area contributed by atoms with Crippen LogP contribution in [-0.4, -0.2) is 36.8 Å². The average Bonchev–Trinajstić information content (AvgIpc) is 2.34. The van der Waals surface area contributed by atoms with E-state index in [1.807, 2.05) is 19.9 Å². The smallest absolute Gasteiger partial charge is 0.381 e. The number of likely N-dealkylation sites (tertiary alicyclic amines) is 1. The fourth-order valence-electron chi connectivity index (χ4n) is 2.79. The summed E-state index contributed by atoms with van der Waals surface area (Å²) in [5.41, 5.74) is 3.39. The van der Waals surface area contributed by atoms with E-state index in [0.29, 0.717) is 13.1 Å². The zero-order valence-electron chi connectivity index (χ0n) is 12.2. The predicted octanol–water partition coefficient (Wildman–Crippen LogP) is 4.50. The van der Waals surface area contributed by atoms with Gasteiger partial charge in [-0.05, 0) is 59.8 Å². The first-order valence-corrected chi connectivity index (χ1v) is 7.86. The SMILES string of the molecule is Cc1cc(C)c(NC2CCN(CC(F)(F)F)CC2)c(Br)c1. The molecule has 118 valence electrons. The summed E-state index contributed by atoms with van der Waals surface area (Å²) >= 11 is 3.55. The van der Waals surface area contributed by atoms with E-state index >= 15 is 0 Å². The van der Waals surface area contributed by atoms with Crippen molar-refractivity contribution in [2.45, 2.75) is 38.9 Å². The van der Waals surface area contributed by atoms with Gasteiger partial charge in [0.1, 0.15) is 0 Å². The molecule has 1 saturated heterocycles. The van der Waals surface area contributed by atoms with E-state index < -0.39 is 12.7 Å². The third kappa shape index (κ3) is 4.88. The molecule has 0 spiro atoms. The Hall–Kier alpha value is -0.750. The number of nitrogens with zero attached hydrogens (tertiary/aromatic N) is 1. The van der Waals surface area contributed by atoms with Gasteiger partial charge in [-0.15, -0.1) is 0 Å². The fraction of sp³-hybridized carbons (Fsp3) is 0.600. The number of alkyl halides is 3. The summed E-state index contributed by atoms with van der Waals surface area (Å²) in [5.74, 6) is 0. The van der Waals surface area contributed by atoms with Crippen LogP contribution in [0.25, 0.3) is 0 Å². The van der Waals surface area contributed by atoms with Crippen molar-refractivity contribution >= 4 is 21.6 Å². The maximum Gasteiger partial charge on any atom is 0.401 e. The molecule has 0 atom stereocenters. The summed E-state index contributed by atoms with van der Waals surface area (Å²) in [6, 6.07) is 4.38. The van der Waals surface area contributed by atoms with E-state index in [-0.39, 0.29) is 6.04 Å². The van der Waals surface area contributed by atoms with Crippen LogP contribution in [0, 0.1) is 13.8 Å². The highest BCUT2D eigenvalue weighted by Gasteiger charge is 2.32. The molecule has 0 aromatic heterocycles. The van der Waals surface area contributed by atoms with Crippen molar-refractivity contribution in [3.8, 4) is 0 Å². The molecule has 1 aliphatic rings. The number of anilines is 1. The molecular weight excluding hydrogens is 345 g/mol. The Kier molecular flexibility index (Phi) is 5.20. The molecule has 1 aromatic rings. The summed E-state index contributed by atoms with van der Waals surface area (Å²) in [7, 11) is 0. The number of nitrogens with one attached hydrogen (secondary N) is 1. The van der Waals surface area contributed by atoms with Gasteiger partial charge < -0.3 is 5.32 Å². The molecule has 0 amide bonds. The fourth-order valence-corrected chi connectivity index (χ4v) is 3.58. The van der Waals surface area contributed by atoms with Crippen molar-refractivity contribution in [2.24, 2.45) is 0 Å². The first-order valence-electron chi connectivity index (χ1n) is 7.07. The van der Waals surface area contributed by atoms with Gasteiger partial charge in [0.15, 0.2) is 0 Å². The van der Waals surface area contributed by atoms with Crippen molar-refractivity contribution in [1.82, 2.24) is 4.90 Å². The summed E-state index contributed by atoms with van der Waals surface area (Å²) in [4.78, 5) is 1.48. The van der Waals surface area contributed by atoms with Crippen LogP contribution in [0.1, 0.15) is 24.0 Å². The van der Waals surface area contributed by atoms with E-state index in [1.54, 1.807) is 0 Å². The molecular formula is C15H20BrF3N2. The van der Waals surface area contributed by atoms with Gasteiger partial charge in [-0.3, -0.25) is 4.90 Å². The Balaban J connectivity index is 1.92. The minimum absolute atomic E-state index is 0.229. The van der Waals surface area contributed by atoms with Gasteiger partial charge in [-0.25, -0.2) is 0 Å². The molecule has 0 aliphatic carbocycles. The molecule has 0 bridgehead atoms. The third-order valence-electron chi connectivity index (χ3n) is 3.77. The Morgan fingerprint density at radius 2 is 1.86 bits per heavy atom. The second-order valence-corrected chi connectivity index (χ2v) is 6.60. The van der Waals surface area contributed by atoms with Gasteiger partial charge in [0.05, 0.1) is 12.2 Å². The van der Waals surface area contributed by atoms with E-state index in [2.05, 4.69) is 27.3 Å². The van der Waals surface area contributed by atoms with E-state index in [4.69, 9.17) is 0 Å². The van der Waals surface area contributed by atoms with Gasteiger partial charge >= 0.3 is 6.18 Å². The lowest BCUT2D eigenvalue weighted by molar-refractivity contribution is -0.147. The maximum atomic E-state index is 12.4. The van der Waals surface area contributed by atoms with Gasteiger partial charge in [-0.2, -0.15) is 13.2 Å². The van der Waals surface area contributed by atoms with Gasteiger partial charge in [0.25, 0.3) is 0 Å². The zero-order valence-corrected chi connectivity index (χ0v) is 13.8. The van der Waals surface area contributed by atoms with Crippen molar-refractivity contribution in [3.63, 3.8) is 0 Å². The lowest BCUT2D eigenvalue weighted by Crippen LogP contribution is -2.43. The van der Waals surface area contributed by atoms with Gasteiger partial charge in [0, 0.05) is 23.6 Å². The number of hydrogen-bond acceptors (Lipinski definition) is 2. The molecule has 21 heavy (non-hydrogen) atoms. The molecule has 0 radical (unpaired) electrons. The van der Waals surface area contributed by atoms with Crippen molar-refractivity contribution in [1.29, 1.82) is 0 Å². The average molecular weight is 365 g/mol. The normalized spacial score (nSPS) is 18.0. The Bertz CT molecular complexity index is 471. The summed E-state index contributed by atoms with van der Waals surface area (Å²) in [6.45, 7) is 4.25. The van der Waals surface area contributed by atoms with Crippen LogP contribution in [0.2, 0.25) is 0 Å². The van der Waals surface area contributed by atoms with Gasteiger partial charge in [-0.1, -0.05) is 6.07 Å². The highest BCUT2D eigenvalue weighted by molar-refractivity contribution is 9.10. The quantitative estimate of drug-likeness (QED) is 0.848. The minimum Gasteiger partial charge on any atom is -0.381 e. The van der Waals surface area contributed by atoms with Crippen LogP contribution < -0.4 is 5.32 Å². The number of rotatable bonds is 3. The second kappa shape index (κ2) is 6.57. The van der Waals surface area contributed by atoms with Gasteiger partial charge in [0.2, 0.25) is 0 Å². The monoisotopic (exact) mass is 364 g/mol. The Labute approximate surface area is 131 Å². The molecule has 2 nitrogen and oxygen atoms in total. The number of benzene rings is 1. The topological polar surface area (TPSA) is 15.3 Å².